The van der Waals surface area contributed by atoms with Crippen LogP contribution < -0.4 is 70.2 Å². The molecule has 1 aromatic carbocycles. The Kier molecular flexibility index (Phi) is 6.65. The molecule has 1 heterocycles. The molecule has 0 radical (unpaired) electrons. The third-order valence-corrected chi connectivity index (χ3v) is 2.16. The summed E-state index contributed by atoms with van der Waals surface area (Å²) in [5, 5.41) is 19.4. The molecule has 0 atom stereocenters. The Morgan fingerprint density at radius 2 is 1.58 bits per heavy atom. The first kappa shape index (κ1) is 18.0. The molecular weight excluding hydrogens is 274 g/mol. The molecule has 0 bridgehead atoms. The molecule has 0 spiro atoms. The molecule has 0 aliphatic rings. The van der Waals surface area contributed by atoms with E-state index < -0.39 is 21.7 Å². The fourth-order valence-corrected chi connectivity index (χ4v) is 1.39. The molecule has 0 aliphatic carbocycles. The van der Waals surface area contributed by atoms with Gasteiger partial charge in [-0.15, -0.1) is 0 Å². The van der Waals surface area contributed by atoms with E-state index in [1.807, 2.05) is 0 Å². The van der Waals surface area contributed by atoms with Crippen molar-refractivity contribution < 1.29 is 64.0 Å². The van der Waals surface area contributed by atoms with Gasteiger partial charge in [0.15, 0.2) is 0 Å². The van der Waals surface area contributed by atoms with Gasteiger partial charge in [-0.2, -0.15) is 5.26 Å². The number of nitro benzene ring substituents is 1. The average Bonchev–Trinajstić information content (AvgIpc) is 2.29. The van der Waals surface area contributed by atoms with E-state index in [2.05, 4.69) is 9.97 Å². The number of hydrogen-bond acceptors (Lipinski definition) is 5. The summed E-state index contributed by atoms with van der Waals surface area (Å²) in [6.07, 6.45) is 0. The van der Waals surface area contributed by atoms with Crippen LogP contribution in [0.5, 0.6) is 0 Å². The molecule has 2 rings (SSSR count). The number of aromatic nitrogens is 2. The van der Waals surface area contributed by atoms with Gasteiger partial charge in [-0.1, -0.05) is 0 Å². The van der Waals surface area contributed by atoms with Gasteiger partial charge in [0.2, 0.25) is 0 Å². The molecule has 19 heavy (non-hydrogen) atoms. The number of benzene rings is 1. The molecule has 1 aromatic heterocycles. The van der Waals surface area contributed by atoms with Crippen LogP contribution in [0.2, 0.25) is 0 Å². The summed E-state index contributed by atoms with van der Waals surface area (Å²) < 4.78 is 0. The fraction of sp³-hybridized carbons (Fsp3) is 0. The van der Waals surface area contributed by atoms with Gasteiger partial charge in [-0.25, -0.2) is 0 Å². The van der Waals surface area contributed by atoms with Crippen LogP contribution in [-0.2, 0) is 0 Å². The summed E-state index contributed by atoms with van der Waals surface area (Å²) >= 11 is 0. The largest absolute Gasteiger partial charge is 1.00 e. The summed E-state index contributed by atoms with van der Waals surface area (Å²) in [5.74, 6) is 0. The first-order chi connectivity index (χ1) is 8.02. The molecule has 8 nitrogen and oxygen atoms in total. The quantitative estimate of drug-likeness (QED) is 0.232. The van der Waals surface area contributed by atoms with Gasteiger partial charge in [0.05, 0.1) is 16.0 Å². The SMILES string of the molecule is N#Cc1cc2[nH]c(=O)c(=O)[nH]c2cc1[N+](=O)[O-].[Na+].[Na+]. The second-order valence-corrected chi connectivity index (χ2v) is 3.19. The van der Waals surface area contributed by atoms with Gasteiger partial charge in [-0.3, -0.25) is 19.7 Å². The Bertz CT molecular complexity index is 789. The van der Waals surface area contributed by atoms with Crippen LogP contribution in [0.1, 0.15) is 5.56 Å². The molecule has 0 fully saturated rings. The second kappa shape index (κ2) is 7.00. The van der Waals surface area contributed by atoms with E-state index >= 15 is 0 Å². The number of nitrogens with one attached hydrogen (secondary N) is 2. The summed E-state index contributed by atoms with van der Waals surface area (Å²) in [6.45, 7) is 0. The van der Waals surface area contributed by atoms with Crippen molar-refractivity contribution >= 4 is 16.7 Å². The molecule has 0 saturated carbocycles. The third-order valence-electron chi connectivity index (χ3n) is 2.16. The van der Waals surface area contributed by atoms with Crippen molar-refractivity contribution in [3.8, 4) is 6.07 Å². The van der Waals surface area contributed by atoms with Crippen molar-refractivity contribution in [3.05, 3.63) is 48.5 Å². The Balaban J connectivity index is 0.00000162. The van der Waals surface area contributed by atoms with Gasteiger partial charge < -0.3 is 9.97 Å². The first-order valence-corrected chi connectivity index (χ1v) is 4.38. The minimum absolute atomic E-state index is 0. The van der Waals surface area contributed by atoms with E-state index in [0.29, 0.717) is 0 Å². The predicted octanol–water partition coefficient (Wildman–Crippen LogP) is -6.00. The smallest absolute Gasteiger partial charge is 0.316 e. The van der Waals surface area contributed by atoms with Crippen LogP contribution in [0.25, 0.3) is 11.0 Å². The van der Waals surface area contributed by atoms with Crippen molar-refractivity contribution in [3.63, 3.8) is 0 Å². The molecule has 84 valence electrons. The number of fused-ring (bicyclic) bond motifs is 1. The van der Waals surface area contributed by atoms with E-state index in [9.17, 15) is 19.7 Å². The molecule has 0 saturated heterocycles. The number of hydrogen-bond donors (Lipinski definition) is 2. The van der Waals surface area contributed by atoms with Gasteiger partial charge in [-0.05, 0) is 6.07 Å². The minimum Gasteiger partial charge on any atom is -0.316 e. The molecule has 0 amide bonds. The third kappa shape index (κ3) is 3.54. The normalized spacial score (nSPS) is 9.00. The first-order valence-electron chi connectivity index (χ1n) is 4.38. The minimum atomic E-state index is -0.906. The molecular formula is C9H4N4Na2O4+2. The van der Waals surface area contributed by atoms with Gasteiger partial charge in [0, 0.05) is 6.07 Å². The van der Waals surface area contributed by atoms with Crippen LogP contribution in [0.3, 0.4) is 0 Å². The van der Waals surface area contributed by atoms with Crippen molar-refractivity contribution in [2.45, 2.75) is 0 Å². The number of nitrogens with zero attached hydrogens (tertiary/aromatic N) is 2. The Morgan fingerprint density at radius 3 is 2.00 bits per heavy atom. The number of aromatic amines is 2. The van der Waals surface area contributed by atoms with Gasteiger partial charge in [0.1, 0.15) is 11.6 Å². The zero-order valence-electron chi connectivity index (χ0n) is 10.2. The zero-order chi connectivity index (χ0) is 12.6. The van der Waals surface area contributed by atoms with Gasteiger partial charge in [0.25, 0.3) is 5.69 Å². The monoisotopic (exact) mass is 278 g/mol. The van der Waals surface area contributed by atoms with Crippen molar-refractivity contribution in [2.24, 2.45) is 0 Å². The van der Waals surface area contributed by atoms with Crippen molar-refractivity contribution in [2.75, 3.05) is 0 Å². The molecule has 10 heteroatoms. The van der Waals surface area contributed by atoms with E-state index in [4.69, 9.17) is 5.26 Å². The van der Waals surface area contributed by atoms with E-state index in [1.54, 1.807) is 6.07 Å². The van der Waals surface area contributed by atoms with E-state index in [0.717, 1.165) is 12.1 Å². The van der Waals surface area contributed by atoms with Crippen molar-refractivity contribution in [1.82, 2.24) is 9.97 Å². The van der Waals surface area contributed by atoms with Crippen LogP contribution in [-0.4, -0.2) is 14.9 Å². The Labute approximate surface area is 149 Å². The predicted molar refractivity (Wildman–Crippen MR) is 56.6 cm³/mol. The van der Waals surface area contributed by atoms with Crippen molar-refractivity contribution in [1.29, 1.82) is 5.26 Å². The van der Waals surface area contributed by atoms with Gasteiger partial charge >= 0.3 is 70.2 Å². The molecule has 2 aromatic rings. The zero-order valence-corrected chi connectivity index (χ0v) is 14.2. The second-order valence-electron chi connectivity index (χ2n) is 3.19. The maximum atomic E-state index is 11.0. The molecule has 2 N–H and O–H groups in total. The summed E-state index contributed by atoms with van der Waals surface area (Å²) in [5.41, 5.74) is -2.14. The van der Waals surface area contributed by atoms with Crippen LogP contribution in [0, 0.1) is 21.4 Å². The Morgan fingerprint density at radius 1 is 1.11 bits per heavy atom. The summed E-state index contributed by atoms with van der Waals surface area (Å²) in [4.78, 5) is 36.4. The number of nitriles is 1. The molecule has 0 aliphatic heterocycles. The number of rotatable bonds is 1. The Hall–Kier alpha value is -0.950. The van der Waals surface area contributed by atoms with Crippen LogP contribution in [0.15, 0.2) is 21.7 Å². The summed E-state index contributed by atoms with van der Waals surface area (Å²) in [6, 6.07) is 3.82. The number of H-pyrrole nitrogens is 2. The summed E-state index contributed by atoms with van der Waals surface area (Å²) in [7, 11) is 0. The maximum absolute atomic E-state index is 11.0. The van der Waals surface area contributed by atoms with E-state index in [-0.39, 0.29) is 75.7 Å². The van der Waals surface area contributed by atoms with Crippen LogP contribution in [0.4, 0.5) is 5.69 Å². The topological polar surface area (TPSA) is 133 Å². The average molecular weight is 278 g/mol. The maximum Gasteiger partial charge on any atom is 1.00 e. The number of nitro groups is 1. The van der Waals surface area contributed by atoms with E-state index in [1.165, 1.54) is 0 Å². The standard InChI is InChI=1S/C9H4N4O4.2Na/c10-3-4-1-5-6(2-7(4)13(16)17)12-9(15)8(14)11-5;;/h1-2H,(H,11,14)(H,12,15);;/q;2*+1. The molecule has 0 unspecified atom stereocenters. The fourth-order valence-electron chi connectivity index (χ4n) is 1.39. The van der Waals surface area contributed by atoms with Crippen LogP contribution >= 0.6 is 0 Å².